The molecule has 1 radical (unpaired) electrons. The van der Waals surface area contributed by atoms with E-state index in [-0.39, 0.29) is 8.80 Å². The molecule has 0 aromatic carbocycles. The van der Waals surface area contributed by atoms with Gasteiger partial charge in [0, 0.05) is 8.80 Å². The molecule has 10 heavy (non-hydrogen) atoms. The third-order valence-electron chi connectivity index (χ3n) is 2.19. The topological polar surface area (TPSA) is 0 Å². The zero-order valence-electron chi connectivity index (χ0n) is 8.28. The first-order valence-electron chi connectivity index (χ1n) is 4.13. The lowest BCUT2D eigenvalue weighted by Crippen LogP contribution is -2.20. The molecule has 0 spiro atoms. The van der Waals surface area contributed by atoms with E-state index < -0.39 is 0 Å². The van der Waals surface area contributed by atoms with Crippen LogP contribution in [0.2, 0.25) is 19.1 Å². The standard InChI is InChI=1S/C9H21Si/c1-8(7-10(5)6)9(2,3)4/h8H,7H2,1-6H3. The van der Waals surface area contributed by atoms with Crippen molar-refractivity contribution in [2.45, 2.75) is 46.8 Å². The smallest absolute Gasteiger partial charge is 0.0415 e. The largest absolute Gasteiger partial charge is 0.0713 e. The zero-order valence-corrected chi connectivity index (χ0v) is 9.28. The Morgan fingerprint density at radius 1 is 1.20 bits per heavy atom. The van der Waals surface area contributed by atoms with Crippen LogP contribution in [-0.4, -0.2) is 8.80 Å². The Hall–Kier alpha value is 0.217. The first kappa shape index (κ1) is 10.2. The predicted octanol–water partition coefficient (Wildman–Crippen LogP) is 3.42. The lowest BCUT2D eigenvalue weighted by Gasteiger charge is -2.28. The molecule has 0 aromatic rings. The van der Waals surface area contributed by atoms with Gasteiger partial charge in [-0.1, -0.05) is 46.8 Å². The second-order valence-electron chi connectivity index (χ2n) is 4.68. The van der Waals surface area contributed by atoms with Gasteiger partial charge >= 0.3 is 0 Å². The number of hydrogen-bond acceptors (Lipinski definition) is 0. The summed E-state index contributed by atoms with van der Waals surface area (Å²) in [7, 11) is -0.0162. The maximum atomic E-state index is 2.40. The highest BCUT2D eigenvalue weighted by Gasteiger charge is 2.20. The van der Waals surface area contributed by atoms with E-state index in [0.717, 1.165) is 5.92 Å². The molecule has 0 fully saturated rings. The van der Waals surface area contributed by atoms with Crippen LogP contribution in [0.25, 0.3) is 0 Å². The van der Waals surface area contributed by atoms with Gasteiger partial charge in [0.25, 0.3) is 0 Å². The number of rotatable bonds is 2. The fraction of sp³-hybridized carbons (Fsp3) is 1.00. The van der Waals surface area contributed by atoms with E-state index in [9.17, 15) is 0 Å². The van der Waals surface area contributed by atoms with Crippen LogP contribution in [0.3, 0.4) is 0 Å². The molecule has 1 heteroatoms. The fourth-order valence-electron chi connectivity index (χ4n) is 0.919. The molecule has 1 unspecified atom stereocenters. The molecule has 0 N–H and O–H groups in total. The minimum absolute atomic E-state index is 0.0162. The van der Waals surface area contributed by atoms with Crippen molar-refractivity contribution in [2.75, 3.05) is 0 Å². The van der Waals surface area contributed by atoms with Crippen LogP contribution in [0, 0.1) is 11.3 Å². The Morgan fingerprint density at radius 3 is 1.70 bits per heavy atom. The van der Waals surface area contributed by atoms with Gasteiger partial charge in [-0.2, -0.15) is 0 Å². The molecule has 0 aliphatic rings. The van der Waals surface area contributed by atoms with Crippen molar-refractivity contribution in [1.82, 2.24) is 0 Å². The van der Waals surface area contributed by atoms with Crippen LogP contribution >= 0.6 is 0 Å². The first-order valence-corrected chi connectivity index (χ1v) is 6.83. The van der Waals surface area contributed by atoms with Gasteiger partial charge in [-0.3, -0.25) is 0 Å². The summed E-state index contributed by atoms with van der Waals surface area (Å²) in [5.74, 6) is 0.886. The van der Waals surface area contributed by atoms with Crippen LogP contribution in [-0.2, 0) is 0 Å². The molecule has 0 heterocycles. The number of hydrogen-bond donors (Lipinski definition) is 0. The van der Waals surface area contributed by atoms with Gasteiger partial charge < -0.3 is 0 Å². The van der Waals surface area contributed by atoms with Crippen molar-refractivity contribution >= 4 is 8.80 Å². The van der Waals surface area contributed by atoms with Crippen LogP contribution in [0.4, 0.5) is 0 Å². The lowest BCUT2D eigenvalue weighted by molar-refractivity contribution is 0.282. The van der Waals surface area contributed by atoms with Crippen molar-refractivity contribution in [3.05, 3.63) is 0 Å². The van der Waals surface area contributed by atoms with Crippen molar-refractivity contribution in [3.8, 4) is 0 Å². The molecular formula is C9H21Si. The van der Waals surface area contributed by atoms with Gasteiger partial charge in [-0.15, -0.1) is 0 Å². The third kappa shape index (κ3) is 4.10. The minimum Gasteiger partial charge on any atom is -0.0713 e. The SMILES string of the molecule is CC(C[Si](C)C)C(C)(C)C. The molecule has 0 nitrogen and oxygen atoms in total. The summed E-state index contributed by atoms with van der Waals surface area (Å²) in [6, 6.07) is 1.45. The summed E-state index contributed by atoms with van der Waals surface area (Å²) >= 11 is 0. The second kappa shape index (κ2) is 3.56. The zero-order chi connectivity index (χ0) is 8.36. The summed E-state index contributed by atoms with van der Waals surface area (Å²) in [5, 5.41) is 0. The summed E-state index contributed by atoms with van der Waals surface area (Å²) in [4.78, 5) is 0. The van der Waals surface area contributed by atoms with Crippen LogP contribution < -0.4 is 0 Å². The Morgan fingerprint density at radius 2 is 1.60 bits per heavy atom. The van der Waals surface area contributed by atoms with Crippen molar-refractivity contribution in [3.63, 3.8) is 0 Å². The predicted molar refractivity (Wildman–Crippen MR) is 50.9 cm³/mol. The Bertz CT molecular complexity index is 89.4. The quantitative estimate of drug-likeness (QED) is 0.539. The molecule has 0 aliphatic carbocycles. The lowest BCUT2D eigenvalue weighted by atomic mass is 9.83. The van der Waals surface area contributed by atoms with E-state index in [1.165, 1.54) is 6.04 Å². The van der Waals surface area contributed by atoms with E-state index in [0.29, 0.717) is 5.41 Å². The second-order valence-corrected chi connectivity index (χ2v) is 7.50. The van der Waals surface area contributed by atoms with Crippen molar-refractivity contribution in [1.29, 1.82) is 0 Å². The third-order valence-corrected chi connectivity index (χ3v) is 3.62. The Balaban J connectivity index is 3.73. The van der Waals surface area contributed by atoms with E-state index in [1.807, 2.05) is 0 Å². The highest BCUT2D eigenvalue weighted by atomic mass is 28.3. The van der Waals surface area contributed by atoms with Gasteiger partial charge in [0.05, 0.1) is 0 Å². The van der Waals surface area contributed by atoms with Gasteiger partial charge in [-0.25, -0.2) is 0 Å². The molecule has 0 saturated heterocycles. The monoisotopic (exact) mass is 157 g/mol. The molecular weight excluding hydrogens is 136 g/mol. The molecule has 0 rings (SSSR count). The Kier molecular flexibility index (Phi) is 3.64. The normalized spacial score (nSPS) is 15.9. The molecule has 1 atom stereocenters. The summed E-state index contributed by atoms with van der Waals surface area (Å²) in [6.07, 6.45) is 0. The maximum Gasteiger partial charge on any atom is 0.0415 e. The maximum absolute atomic E-state index is 2.40. The van der Waals surface area contributed by atoms with E-state index >= 15 is 0 Å². The van der Waals surface area contributed by atoms with E-state index in [4.69, 9.17) is 0 Å². The molecule has 0 bridgehead atoms. The highest BCUT2D eigenvalue weighted by molar-refractivity contribution is 6.55. The van der Waals surface area contributed by atoms with Gasteiger partial charge in [0.1, 0.15) is 0 Å². The molecule has 0 saturated carbocycles. The minimum atomic E-state index is -0.0162. The highest BCUT2D eigenvalue weighted by Crippen LogP contribution is 2.29. The van der Waals surface area contributed by atoms with E-state index in [1.54, 1.807) is 0 Å². The summed E-state index contributed by atoms with van der Waals surface area (Å²) < 4.78 is 0. The van der Waals surface area contributed by atoms with Crippen molar-refractivity contribution in [2.24, 2.45) is 11.3 Å². The Labute approximate surface area is 67.6 Å². The fourth-order valence-corrected chi connectivity index (χ4v) is 2.76. The van der Waals surface area contributed by atoms with E-state index in [2.05, 4.69) is 40.8 Å². The molecule has 0 aromatic heterocycles. The molecule has 61 valence electrons. The van der Waals surface area contributed by atoms with Gasteiger partial charge in [0.2, 0.25) is 0 Å². The molecule has 0 amide bonds. The summed E-state index contributed by atoms with van der Waals surface area (Å²) in [5.41, 5.74) is 0.516. The average molecular weight is 157 g/mol. The van der Waals surface area contributed by atoms with Gasteiger partial charge in [0.15, 0.2) is 0 Å². The van der Waals surface area contributed by atoms with Crippen molar-refractivity contribution < 1.29 is 0 Å². The van der Waals surface area contributed by atoms with Crippen LogP contribution in [0.5, 0.6) is 0 Å². The van der Waals surface area contributed by atoms with Gasteiger partial charge in [-0.05, 0) is 11.3 Å². The summed E-state index contributed by atoms with van der Waals surface area (Å²) in [6.45, 7) is 14.2. The van der Waals surface area contributed by atoms with Crippen LogP contribution in [0.15, 0.2) is 0 Å². The first-order chi connectivity index (χ1) is 4.34. The van der Waals surface area contributed by atoms with Crippen LogP contribution in [0.1, 0.15) is 27.7 Å². The average Bonchev–Trinajstić information content (AvgIpc) is 1.60. The molecule has 0 aliphatic heterocycles.